The number of rotatable bonds is 9. The van der Waals surface area contributed by atoms with Gasteiger partial charge in [0.15, 0.2) is 11.5 Å². The summed E-state index contributed by atoms with van der Waals surface area (Å²) >= 11 is 0. The molecule has 4 aromatic carbocycles. The summed E-state index contributed by atoms with van der Waals surface area (Å²) in [6.07, 6.45) is 0. The second-order valence-corrected chi connectivity index (χ2v) is 9.34. The first-order valence-corrected chi connectivity index (χ1v) is 13.1. The van der Waals surface area contributed by atoms with Crippen LogP contribution in [-0.2, 0) is 6.54 Å². The van der Waals surface area contributed by atoms with Gasteiger partial charge in [-0.05, 0) is 72.8 Å². The predicted molar refractivity (Wildman–Crippen MR) is 161 cm³/mol. The van der Waals surface area contributed by atoms with Crippen LogP contribution in [0.1, 0.15) is 5.56 Å². The molecule has 0 atom stereocenters. The number of aromatic nitrogens is 3. The maximum atomic E-state index is 13.2. The van der Waals surface area contributed by atoms with Crippen molar-refractivity contribution in [2.75, 3.05) is 19.5 Å². The highest BCUT2D eigenvalue weighted by atomic mass is 16.5. The van der Waals surface area contributed by atoms with Crippen molar-refractivity contribution in [2.24, 2.45) is 0 Å². The molecule has 2 aromatic heterocycles. The number of pyridine rings is 1. The van der Waals surface area contributed by atoms with Gasteiger partial charge >= 0.3 is 0 Å². The first kappa shape index (κ1) is 25.8. The van der Waals surface area contributed by atoms with Crippen LogP contribution in [0.25, 0.3) is 28.0 Å². The van der Waals surface area contributed by atoms with E-state index in [4.69, 9.17) is 19.3 Å². The molecule has 8 nitrogen and oxygen atoms in total. The molecule has 0 saturated carbocycles. The van der Waals surface area contributed by atoms with Crippen LogP contribution in [0.4, 0.5) is 5.69 Å². The topological polar surface area (TPSA) is 90.4 Å². The van der Waals surface area contributed by atoms with Crippen LogP contribution < -0.4 is 25.1 Å². The summed E-state index contributed by atoms with van der Waals surface area (Å²) in [6, 6.07) is 34.5. The molecule has 0 amide bonds. The maximum absolute atomic E-state index is 13.2. The highest BCUT2D eigenvalue weighted by Gasteiger charge is 2.18. The number of aromatic amines is 1. The van der Waals surface area contributed by atoms with Crippen molar-refractivity contribution < 1.29 is 14.2 Å². The third-order valence-electron chi connectivity index (χ3n) is 6.74. The molecule has 2 N–H and O–H groups in total. The summed E-state index contributed by atoms with van der Waals surface area (Å²) in [7, 11) is 3.20. The van der Waals surface area contributed by atoms with Crippen LogP contribution in [0.15, 0.2) is 114 Å². The van der Waals surface area contributed by atoms with Crippen molar-refractivity contribution >= 4 is 16.7 Å². The molecule has 6 aromatic rings. The Kier molecular flexibility index (Phi) is 7.11. The fraction of sp³-hybridized carbons (Fsp3) is 0.0909. The summed E-state index contributed by atoms with van der Waals surface area (Å²) in [5, 5.41) is 9.08. The van der Waals surface area contributed by atoms with E-state index in [-0.39, 0.29) is 5.56 Å². The summed E-state index contributed by atoms with van der Waals surface area (Å²) < 4.78 is 18.6. The molecule has 0 aliphatic heterocycles. The van der Waals surface area contributed by atoms with Crippen LogP contribution in [0.3, 0.4) is 0 Å². The fourth-order valence-corrected chi connectivity index (χ4v) is 4.66. The van der Waals surface area contributed by atoms with Gasteiger partial charge in [-0.1, -0.05) is 36.4 Å². The van der Waals surface area contributed by atoms with Crippen molar-refractivity contribution in [3.63, 3.8) is 0 Å². The second-order valence-electron chi connectivity index (χ2n) is 9.34. The standard InChI is InChI=1S/C33H28N4O4/c1-39-29-18-13-22(20-30(29)40-2)31-28-19-23(33(38)35-32(28)37(36-31)25-9-5-3-6-10-25)21-34-24-14-16-27(17-15-24)41-26-11-7-4-8-12-26/h3-20,34H,21H2,1-2H3,(H,35,38). The Labute approximate surface area is 236 Å². The molecule has 0 unspecified atom stereocenters. The molecule has 0 spiro atoms. The molecule has 41 heavy (non-hydrogen) atoms. The van der Waals surface area contributed by atoms with Crippen molar-refractivity contribution in [3.05, 3.63) is 125 Å². The van der Waals surface area contributed by atoms with E-state index in [9.17, 15) is 4.79 Å². The van der Waals surface area contributed by atoms with Gasteiger partial charge in [-0.15, -0.1) is 0 Å². The summed E-state index contributed by atoms with van der Waals surface area (Å²) in [4.78, 5) is 16.3. The quantitative estimate of drug-likeness (QED) is 0.208. The molecule has 0 saturated heterocycles. The van der Waals surface area contributed by atoms with Crippen LogP contribution in [0.2, 0.25) is 0 Å². The Balaban J connectivity index is 1.34. The Morgan fingerprint density at radius 3 is 2.17 bits per heavy atom. The van der Waals surface area contributed by atoms with Crippen molar-refractivity contribution in [1.82, 2.24) is 14.8 Å². The minimum Gasteiger partial charge on any atom is -0.493 e. The molecular formula is C33H28N4O4. The van der Waals surface area contributed by atoms with Crippen LogP contribution in [0, 0.1) is 0 Å². The maximum Gasteiger partial charge on any atom is 0.254 e. The minimum atomic E-state index is -0.190. The van der Waals surface area contributed by atoms with Gasteiger partial charge in [-0.2, -0.15) is 5.10 Å². The van der Waals surface area contributed by atoms with E-state index in [1.54, 1.807) is 18.9 Å². The van der Waals surface area contributed by atoms with Crippen LogP contribution >= 0.6 is 0 Å². The SMILES string of the molecule is COc1ccc(-c2nn(-c3ccccc3)c3[nH]c(=O)c(CNc4ccc(Oc5ccccc5)cc4)cc23)cc1OC. The monoisotopic (exact) mass is 544 g/mol. The van der Waals surface area contributed by atoms with E-state index in [1.807, 2.05) is 109 Å². The molecule has 0 radical (unpaired) electrons. The zero-order chi connectivity index (χ0) is 28.2. The lowest BCUT2D eigenvalue weighted by molar-refractivity contribution is 0.355. The number of fused-ring (bicyclic) bond motifs is 1. The summed E-state index contributed by atoms with van der Waals surface area (Å²) in [5.74, 6) is 2.73. The van der Waals surface area contributed by atoms with E-state index in [0.29, 0.717) is 34.9 Å². The highest BCUT2D eigenvalue weighted by molar-refractivity contribution is 5.93. The van der Waals surface area contributed by atoms with Gasteiger partial charge in [0.2, 0.25) is 0 Å². The minimum absolute atomic E-state index is 0.190. The Hall–Kier alpha value is -5.50. The van der Waals surface area contributed by atoms with Gasteiger partial charge in [0.05, 0.1) is 19.9 Å². The van der Waals surface area contributed by atoms with Gasteiger partial charge in [0, 0.05) is 28.7 Å². The number of ether oxygens (including phenoxy) is 3. The third-order valence-corrected chi connectivity index (χ3v) is 6.74. The second kappa shape index (κ2) is 11.3. The number of methoxy groups -OCH3 is 2. The molecule has 0 fully saturated rings. The largest absolute Gasteiger partial charge is 0.493 e. The lowest BCUT2D eigenvalue weighted by atomic mass is 10.1. The van der Waals surface area contributed by atoms with Gasteiger partial charge in [0.25, 0.3) is 5.56 Å². The smallest absolute Gasteiger partial charge is 0.254 e. The Morgan fingerprint density at radius 1 is 0.780 bits per heavy atom. The van der Waals surface area contributed by atoms with Gasteiger partial charge in [0.1, 0.15) is 22.8 Å². The van der Waals surface area contributed by atoms with E-state index >= 15 is 0 Å². The molecule has 6 rings (SSSR count). The molecule has 0 aliphatic rings. The molecule has 0 bridgehead atoms. The predicted octanol–water partition coefficient (Wildman–Crippen LogP) is 6.80. The first-order valence-electron chi connectivity index (χ1n) is 13.1. The van der Waals surface area contributed by atoms with Crippen molar-refractivity contribution in [3.8, 4) is 39.9 Å². The Morgan fingerprint density at radius 2 is 1.46 bits per heavy atom. The molecule has 0 aliphatic carbocycles. The Bertz CT molecular complexity index is 1850. The molecule has 8 heteroatoms. The average Bonchev–Trinajstić information content (AvgIpc) is 3.39. The van der Waals surface area contributed by atoms with Gasteiger partial charge < -0.3 is 24.5 Å². The van der Waals surface area contributed by atoms with E-state index in [2.05, 4.69) is 10.3 Å². The summed E-state index contributed by atoms with van der Waals surface area (Å²) in [5.41, 5.74) is 4.25. The van der Waals surface area contributed by atoms with Crippen LogP contribution in [-0.4, -0.2) is 29.0 Å². The van der Waals surface area contributed by atoms with Crippen LogP contribution in [0.5, 0.6) is 23.0 Å². The van der Waals surface area contributed by atoms with Crippen molar-refractivity contribution in [2.45, 2.75) is 6.54 Å². The van der Waals surface area contributed by atoms with E-state index in [0.717, 1.165) is 33.8 Å². The summed E-state index contributed by atoms with van der Waals surface area (Å²) in [6.45, 7) is 0.325. The van der Waals surface area contributed by atoms with Crippen molar-refractivity contribution in [1.29, 1.82) is 0 Å². The lowest BCUT2D eigenvalue weighted by Gasteiger charge is -2.10. The number of benzene rings is 4. The number of para-hydroxylation sites is 2. The lowest BCUT2D eigenvalue weighted by Crippen LogP contribution is -2.16. The van der Waals surface area contributed by atoms with Gasteiger partial charge in [-0.25, -0.2) is 4.68 Å². The third kappa shape index (κ3) is 5.35. The average molecular weight is 545 g/mol. The first-order chi connectivity index (χ1) is 20.1. The number of nitrogens with zero attached hydrogens (tertiary/aromatic N) is 2. The fourth-order valence-electron chi connectivity index (χ4n) is 4.66. The van der Waals surface area contributed by atoms with E-state index in [1.165, 1.54) is 0 Å². The molecule has 2 heterocycles. The number of hydrogen-bond donors (Lipinski definition) is 2. The van der Waals surface area contributed by atoms with Gasteiger partial charge in [-0.3, -0.25) is 4.79 Å². The zero-order valence-corrected chi connectivity index (χ0v) is 22.6. The number of nitrogens with one attached hydrogen (secondary N) is 2. The number of anilines is 1. The van der Waals surface area contributed by atoms with E-state index < -0.39 is 0 Å². The normalized spacial score (nSPS) is 10.9. The zero-order valence-electron chi connectivity index (χ0n) is 22.6. The number of H-pyrrole nitrogens is 1. The molecular weight excluding hydrogens is 516 g/mol. The molecule has 204 valence electrons. The number of hydrogen-bond acceptors (Lipinski definition) is 6. The highest BCUT2D eigenvalue weighted by Crippen LogP contribution is 2.35.